The summed E-state index contributed by atoms with van der Waals surface area (Å²) in [6.45, 7) is 1.01. The molecule has 0 spiro atoms. The molecule has 1 amide bonds. The first-order valence-electron chi connectivity index (χ1n) is 9.94. The van der Waals surface area contributed by atoms with Crippen LogP contribution in [-0.4, -0.2) is 33.0 Å². The zero-order chi connectivity index (χ0) is 22.3. The Balaban J connectivity index is 1.40. The smallest absolute Gasteiger partial charge is 0.230 e. The minimum Gasteiger partial charge on any atom is -0.467 e. The molecular formula is C23H20Cl2N4O2S. The second kappa shape index (κ2) is 10.7. The van der Waals surface area contributed by atoms with Crippen molar-refractivity contribution < 1.29 is 9.21 Å². The first-order valence-corrected chi connectivity index (χ1v) is 11.7. The molecule has 0 saturated carbocycles. The molecule has 4 aromatic rings. The van der Waals surface area contributed by atoms with Crippen LogP contribution in [0.1, 0.15) is 11.3 Å². The van der Waals surface area contributed by atoms with E-state index in [9.17, 15) is 4.79 Å². The Labute approximate surface area is 199 Å². The summed E-state index contributed by atoms with van der Waals surface area (Å²) in [4.78, 5) is 12.4. The third-order valence-corrected chi connectivity index (χ3v) is 6.17. The summed E-state index contributed by atoms with van der Waals surface area (Å²) in [6.07, 6.45) is 2.37. The van der Waals surface area contributed by atoms with Crippen molar-refractivity contribution >= 4 is 40.9 Å². The number of amides is 1. The molecule has 0 unspecified atom stereocenters. The third-order valence-electron chi connectivity index (χ3n) is 4.69. The molecular weight excluding hydrogens is 467 g/mol. The van der Waals surface area contributed by atoms with Crippen molar-refractivity contribution in [2.24, 2.45) is 0 Å². The maximum atomic E-state index is 12.4. The van der Waals surface area contributed by atoms with Crippen LogP contribution >= 0.6 is 35.0 Å². The Kier molecular flexibility index (Phi) is 7.52. The molecule has 0 bridgehead atoms. The Morgan fingerprint density at radius 2 is 1.72 bits per heavy atom. The molecule has 1 N–H and O–H groups in total. The third kappa shape index (κ3) is 5.94. The van der Waals surface area contributed by atoms with Gasteiger partial charge in [-0.1, -0.05) is 47.1 Å². The fraction of sp³-hybridized carbons (Fsp3) is 0.174. The zero-order valence-corrected chi connectivity index (χ0v) is 19.3. The lowest BCUT2D eigenvalue weighted by molar-refractivity contribution is -0.118. The van der Waals surface area contributed by atoms with Gasteiger partial charge < -0.3 is 9.73 Å². The highest BCUT2D eigenvalue weighted by atomic mass is 35.5. The highest BCUT2D eigenvalue weighted by Gasteiger charge is 2.17. The minimum absolute atomic E-state index is 0.0652. The van der Waals surface area contributed by atoms with E-state index in [4.69, 9.17) is 27.6 Å². The molecule has 0 atom stereocenters. The predicted molar refractivity (Wildman–Crippen MR) is 127 cm³/mol. The molecule has 164 valence electrons. The fourth-order valence-electron chi connectivity index (χ4n) is 3.09. The monoisotopic (exact) mass is 486 g/mol. The second-order valence-corrected chi connectivity index (χ2v) is 8.81. The molecule has 9 heteroatoms. The van der Waals surface area contributed by atoms with E-state index in [0.717, 1.165) is 23.3 Å². The van der Waals surface area contributed by atoms with E-state index in [0.29, 0.717) is 34.1 Å². The number of benzene rings is 2. The molecule has 4 rings (SSSR count). The van der Waals surface area contributed by atoms with Gasteiger partial charge in [0.15, 0.2) is 11.0 Å². The van der Waals surface area contributed by atoms with Crippen molar-refractivity contribution in [2.75, 3.05) is 12.3 Å². The van der Waals surface area contributed by atoms with E-state index in [1.807, 2.05) is 65.2 Å². The number of nitrogens with zero attached hydrogens (tertiary/aromatic N) is 3. The number of rotatable bonds is 9. The highest BCUT2D eigenvalue weighted by Crippen LogP contribution is 2.26. The van der Waals surface area contributed by atoms with Crippen LogP contribution < -0.4 is 5.32 Å². The highest BCUT2D eigenvalue weighted by molar-refractivity contribution is 7.99. The number of halogens is 2. The quantitative estimate of drug-likeness (QED) is 0.323. The SMILES string of the molecule is O=C(CSc1nnc(-c2ccc(Cl)cc2)n1Cc1ccco1)NCCc1ccc(Cl)cc1. The molecule has 0 radical (unpaired) electrons. The summed E-state index contributed by atoms with van der Waals surface area (Å²) in [5.74, 6) is 1.62. The Morgan fingerprint density at radius 3 is 2.41 bits per heavy atom. The maximum absolute atomic E-state index is 12.4. The van der Waals surface area contributed by atoms with E-state index in [1.165, 1.54) is 11.8 Å². The molecule has 32 heavy (non-hydrogen) atoms. The van der Waals surface area contributed by atoms with Crippen LogP contribution in [0, 0.1) is 0 Å². The van der Waals surface area contributed by atoms with Gasteiger partial charge >= 0.3 is 0 Å². The number of aromatic nitrogens is 3. The largest absolute Gasteiger partial charge is 0.467 e. The summed E-state index contributed by atoms with van der Waals surface area (Å²) in [6, 6.07) is 18.7. The van der Waals surface area contributed by atoms with Gasteiger partial charge in [-0.25, -0.2) is 0 Å². The van der Waals surface area contributed by atoms with Crippen molar-refractivity contribution in [2.45, 2.75) is 18.1 Å². The Bertz CT molecular complexity index is 1160. The van der Waals surface area contributed by atoms with E-state index in [2.05, 4.69) is 15.5 Å². The zero-order valence-electron chi connectivity index (χ0n) is 17.0. The number of hydrogen-bond acceptors (Lipinski definition) is 5. The topological polar surface area (TPSA) is 73.0 Å². The summed E-state index contributed by atoms with van der Waals surface area (Å²) < 4.78 is 7.44. The van der Waals surface area contributed by atoms with Crippen molar-refractivity contribution in [1.29, 1.82) is 0 Å². The van der Waals surface area contributed by atoms with Crippen molar-refractivity contribution in [1.82, 2.24) is 20.1 Å². The van der Waals surface area contributed by atoms with Crippen LogP contribution in [0.15, 0.2) is 76.5 Å². The lowest BCUT2D eigenvalue weighted by Gasteiger charge is -2.09. The van der Waals surface area contributed by atoms with Gasteiger partial charge in [-0.05, 0) is 60.5 Å². The lowest BCUT2D eigenvalue weighted by Crippen LogP contribution is -2.27. The summed E-state index contributed by atoms with van der Waals surface area (Å²) in [7, 11) is 0. The summed E-state index contributed by atoms with van der Waals surface area (Å²) >= 11 is 13.3. The van der Waals surface area contributed by atoms with Gasteiger partial charge in [-0.2, -0.15) is 0 Å². The number of hydrogen-bond donors (Lipinski definition) is 1. The van der Waals surface area contributed by atoms with Crippen LogP contribution in [-0.2, 0) is 17.8 Å². The molecule has 6 nitrogen and oxygen atoms in total. The average Bonchev–Trinajstić information content (AvgIpc) is 3.45. The van der Waals surface area contributed by atoms with Crippen LogP contribution in [0.25, 0.3) is 11.4 Å². The molecule has 0 fully saturated rings. The van der Waals surface area contributed by atoms with Gasteiger partial charge in [0.1, 0.15) is 5.76 Å². The van der Waals surface area contributed by atoms with E-state index in [1.54, 1.807) is 6.26 Å². The minimum atomic E-state index is -0.0652. The van der Waals surface area contributed by atoms with E-state index >= 15 is 0 Å². The van der Waals surface area contributed by atoms with Gasteiger partial charge in [0.05, 0.1) is 18.6 Å². The number of furan rings is 1. The van der Waals surface area contributed by atoms with Crippen LogP contribution in [0.4, 0.5) is 0 Å². The predicted octanol–water partition coefficient (Wildman–Crippen LogP) is 5.34. The molecule has 0 aliphatic carbocycles. The Hall–Kier alpha value is -2.74. The van der Waals surface area contributed by atoms with Crippen molar-refractivity contribution in [3.63, 3.8) is 0 Å². The molecule has 0 saturated heterocycles. The first-order chi connectivity index (χ1) is 15.6. The maximum Gasteiger partial charge on any atom is 0.230 e. The van der Waals surface area contributed by atoms with Gasteiger partial charge in [0.25, 0.3) is 0 Å². The fourth-order valence-corrected chi connectivity index (χ4v) is 4.11. The first kappa shape index (κ1) is 22.5. The molecule has 2 aromatic carbocycles. The molecule has 2 aromatic heterocycles. The molecule has 0 aliphatic rings. The van der Waals surface area contributed by atoms with Gasteiger partial charge in [0, 0.05) is 22.2 Å². The normalized spacial score (nSPS) is 10.9. The molecule has 2 heterocycles. The van der Waals surface area contributed by atoms with Crippen LogP contribution in [0.5, 0.6) is 0 Å². The summed E-state index contributed by atoms with van der Waals surface area (Å²) in [5, 5.41) is 13.6. The van der Waals surface area contributed by atoms with Gasteiger partial charge in [-0.3, -0.25) is 9.36 Å². The van der Waals surface area contributed by atoms with E-state index < -0.39 is 0 Å². The Morgan fingerprint density at radius 1 is 1.00 bits per heavy atom. The average molecular weight is 487 g/mol. The van der Waals surface area contributed by atoms with Crippen LogP contribution in [0.3, 0.4) is 0 Å². The van der Waals surface area contributed by atoms with Crippen molar-refractivity contribution in [3.05, 3.63) is 88.3 Å². The van der Waals surface area contributed by atoms with Crippen molar-refractivity contribution in [3.8, 4) is 11.4 Å². The van der Waals surface area contributed by atoms with Gasteiger partial charge in [-0.15, -0.1) is 10.2 Å². The number of carbonyl (C=O) groups is 1. The number of nitrogens with one attached hydrogen (secondary N) is 1. The van der Waals surface area contributed by atoms with Gasteiger partial charge in [0.2, 0.25) is 5.91 Å². The molecule has 0 aliphatic heterocycles. The summed E-state index contributed by atoms with van der Waals surface area (Å²) in [5.41, 5.74) is 2.00. The number of carbonyl (C=O) groups excluding carboxylic acids is 1. The number of thioether (sulfide) groups is 1. The standard InChI is InChI=1S/C23H20Cl2N4O2S/c24-18-7-3-16(4-8-18)11-12-26-21(30)15-32-23-28-27-22(17-5-9-19(25)10-6-17)29(23)14-20-2-1-13-31-20/h1-10,13H,11-12,14-15H2,(H,26,30). The lowest BCUT2D eigenvalue weighted by atomic mass is 10.1. The van der Waals surface area contributed by atoms with E-state index in [-0.39, 0.29) is 11.7 Å². The second-order valence-electron chi connectivity index (χ2n) is 6.99. The van der Waals surface area contributed by atoms with Crippen LogP contribution in [0.2, 0.25) is 10.0 Å².